The molecule has 1 aliphatic heterocycles. The van der Waals surface area contributed by atoms with Gasteiger partial charge in [0.15, 0.2) is 0 Å². The van der Waals surface area contributed by atoms with Gasteiger partial charge in [-0.3, -0.25) is 0 Å². The molecule has 1 atom stereocenters. The van der Waals surface area contributed by atoms with Crippen LogP contribution in [0, 0.1) is 0 Å². The molecule has 1 unspecified atom stereocenters. The van der Waals surface area contributed by atoms with Gasteiger partial charge < -0.3 is 14.6 Å². The van der Waals surface area contributed by atoms with Crippen LogP contribution in [0.2, 0.25) is 0 Å². The maximum absolute atomic E-state index is 5.52. The van der Waals surface area contributed by atoms with Gasteiger partial charge in [-0.2, -0.15) is 4.98 Å². The Morgan fingerprint density at radius 1 is 1.50 bits per heavy atom. The van der Waals surface area contributed by atoms with E-state index in [0.717, 1.165) is 26.0 Å². The van der Waals surface area contributed by atoms with Crippen LogP contribution in [-0.4, -0.2) is 23.3 Å². The summed E-state index contributed by atoms with van der Waals surface area (Å²) in [5.74, 6) is 1.30. The predicted molar refractivity (Wildman–Crippen MR) is 58.9 cm³/mol. The van der Waals surface area contributed by atoms with Crippen LogP contribution in [0.4, 0.5) is 0 Å². The van der Waals surface area contributed by atoms with Gasteiger partial charge in [-0.05, 0) is 33.2 Å². The van der Waals surface area contributed by atoms with E-state index in [2.05, 4.69) is 22.4 Å². The van der Waals surface area contributed by atoms with E-state index < -0.39 is 0 Å². The Bertz CT molecular complexity index is 343. The molecule has 16 heavy (non-hydrogen) atoms. The summed E-state index contributed by atoms with van der Waals surface area (Å²) in [6.45, 7) is 7.78. The van der Waals surface area contributed by atoms with Crippen LogP contribution in [0.15, 0.2) is 4.52 Å². The van der Waals surface area contributed by atoms with Crippen molar-refractivity contribution >= 4 is 0 Å². The fourth-order valence-electron chi connectivity index (χ4n) is 1.92. The van der Waals surface area contributed by atoms with E-state index in [1.165, 1.54) is 0 Å². The van der Waals surface area contributed by atoms with Crippen LogP contribution >= 0.6 is 0 Å². The van der Waals surface area contributed by atoms with Crippen molar-refractivity contribution in [2.24, 2.45) is 0 Å². The summed E-state index contributed by atoms with van der Waals surface area (Å²) in [6, 6.07) is 0. The third kappa shape index (κ3) is 2.25. The number of rotatable bonds is 4. The number of ether oxygens (including phenoxy) is 1. The van der Waals surface area contributed by atoms with Gasteiger partial charge in [-0.1, -0.05) is 12.1 Å². The minimum atomic E-state index is -0.279. The van der Waals surface area contributed by atoms with Crippen molar-refractivity contribution in [3.05, 3.63) is 11.7 Å². The van der Waals surface area contributed by atoms with Gasteiger partial charge in [-0.15, -0.1) is 0 Å². The normalized spacial score (nSPS) is 21.6. The maximum Gasteiger partial charge on any atom is 0.246 e. The van der Waals surface area contributed by atoms with Gasteiger partial charge in [0.25, 0.3) is 0 Å². The highest BCUT2D eigenvalue weighted by molar-refractivity contribution is 5.01. The first-order valence-corrected chi connectivity index (χ1v) is 5.84. The summed E-state index contributed by atoms with van der Waals surface area (Å²) in [4.78, 5) is 4.42. The van der Waals surface area contributed by atoms with Crippen LogP contribution in [-0.2, 0) is 10.3 Å². The first-order chi connectivity index (χ1) is 7.63. The molecule has 0 saturated carbocycles. The van der Waals surface area contributed by atoms with Gasteiger partial charge in [0, 0.05) is 6.61 Å². The van der Waals surface area contributed by atoms with Gasteiger partial charge >= 0.3 is 0 Å². The topological polar surface area (TPSA) is 60.2 Å². The predicted octanol–water partition coefficient (Wildman–Crippen LogP) is 1.77. The molecule has 1 N–H and O–H groups in total. The highest BCUT2D eigenvalue weighted by Crippen LogP contribution is 2.28. The number of nitrogens with zero attached hydrogens (tertiary/aromatic N) is 2. The summed E-state index contributed by atoms with van der Waals surface area (Å²) in [7, 11) is 0. The SMILES string of the molecule is CCNC(C)(C)c1nc(C2CCCO2)no1. The third-order valence-corrected chi connectivity index (χ3v) is 2.81. The molecular formula is C11H19N3O2. The Morgan fingerprint density at radius 3 is 2.94 bits per heavy atom. The Morgan fingerprint density at radius 2 is 2.31 bits per heavy atom. The molecule has 90 valence electrons. The van der Waals surface area contributed by atoms with Gasteiger partial charge in [0.2, 0.25) is 11.7 Å². The van der Waals surface area contributed by atoms with Crippen molar-refractivity contribution in [3.63, 3.8) is 0 Å². The van der Waals surface area contributed by atoms with Crippen LogP contribution in [0.3, 0.4) is 0 Å². The van der Waals surface area contributed by atoms with E-state index in [1.54, 1.807) is 0 Å². The van der Waals surface area contributed by atoms with E-state index in [0.29, 0.717) is 11.7 Å². The maximum atomic E-state index is 5.52. The quantitative estimate of drug-likeness (QED) is 0.846. The van der Waals surface area contributed by atoms with Gasteiger partial charge in [0.1, 0.15) is 6.10 Å². The first-order valence-electron chi connectivity index (χ1n) is 5.84. The number of hydrogen-bond donors (Lipinski definition) is 1. The highest BCUT2D eigenvalue weighted by Gasteiger charge is 2.29. The lowest BCUT2D eigenvalue weighted by Crippen LogP contribution is -2.36. The molecule has 1 aromatic heterocycles. The van der Waals surface area contributed by atoms with Crippen LogP contribution < -0.4 is 5.32 Å². The van der Waals surface area contributed by atoms with Crippen molar-refractivity contribution in [1.82, 2.24) is 15.5 Å². The minimum Gasteiger partial charge on any atom is -0.370 e. The largest absolute Gasteiger partial charge is 0.370 e. The van der Waals surface area contributed by atoms with E-state index in [9.17, 15) is 0 Å². The second kappa shape index (κ2) is 4.51. The van der Waals surface area contributed by atoms with Crippen LogP contribution in [0.5, 0.6) is 0 Å². The lowest BCUT2D eigenvalue weighted by molar-refractivity contribution is 0.103. The number of hydrogen-bond acceptors (Lipinski definition) is 5. The number of nitrogens with one attached hydrogen (secondary N) is 1. The average molecular weight is 225 g/mol. The molecule has 1 saturated heterocycles. The Kier molecular flexibility index (Phi) is 3.25. The third-order valence-electron chi connectivity index (χ3n) is 2.81. The zero-order valence-electron chi connectivity index (χ0n) is 10.1. The van der Waals surface area contributed by atoms with Gasteiger partial charge in [0.05, 0.1) is 5.54 Å². The Hall–Kier alpha value is -0.940. The van der Waals surface area contributed by atoms with Crippen molar-refractivity contribution in [1.29, 1.82) is 0 Å². The summed E-state index contributed by atoms with van der Waals surface area (Å²) < 4.78 is 10.8. The molecule has 0 aliphatic carbocycles. The molecule has 2 rings (SSSR count). The summed E-state index contributed by atoms with van der Waals surface area (Å²) in [5, 5.41) is 7.30. The zero-order valence-corrected chi connectivity index (χ0v) is 10.1. The molecule has 0 aromatic carbocycles. The molecule has 0 amide bonds. The molecule has 5 heteroatoms. The second-order valence-electron chi connectivity index (χ2n) is 4.61. The molecule has 1 aliphatic rings. The molecule has 0 bridgehead atoms. The molecule has 5 nitrogen and oxygen atoms in total. The van der Waals surface area contributed by atoms with E-state index >= 15 is 0 Å². The molecule has 1 fully saturated rings. The van der Waals surface area contributed by atoms with E-state index in [1.807, 2.05) is 13.8 Å². The smallest absolute Gasteiger partial charge is 0.246 e. The summed E-state index contributed by atoms with van der Waals surface area (Å²) >= 11 is 0. The molecule has 2 heterocycles. The fraction of sp³-hybridized carbons (Fsp3) is 0.818. The minimum absolute atomic E-state index is 0.0231. The molecule has 1 aromatic rings. The van der Waals surface area contributed by atoms with E-state index in [4.69, 9.17) is 9.26 Å². The molecule has 0 spiro atoms. The number of aromatic nitrogens is 2. The fourth-order valence-corrected chi connectivity index (χ4v) is 1.92. The Balaban J connectivity index is 2.12. The zero-order chi connectivity index (χ0) is 11.6. The van der Waals surface area contributed by atoms with Crippen molar-refractivity contribution in [3.8, 4) is 0 Å². The lowest BCUT2D eigenvalue weighted by Gasteiger charge is -2.20. The van der Waals surface area contributed by atoms with E-state index in [-0.39, 0.29) is 11.6 Å². The second-order valence-corrected chi connectivity index (χ2v) is 4.61. The standard InChI is InChI=1S/C11H19N3O2/c1-4-12-11(2,3)10-13-9(14-16-10)8-6-5-7-15-8/h8,12H,4-7H2,1-3H3. The van der Waals surface area contributed by atoms with Crippen molar-refractivity contribution in [2.45, 2.75) is 45.3 Å². The average Bonchev–Trinajstić information content (AvgIpc) is 2.89. The summed E-state index contributed by atoms with van der Waals surface area (Å²) in [6.07, 6.45) is 2.08. The first kappa shape index (κ1) is 11.5. The van der Waals surface area contributed by atoms with Crippen molar-refractivity contribution in [2.75, 3.05) is 13.2 Å². The Labute approximate surface area is 95.6 Å². The monoisotopic (exact) mass is 225 g/mol. The van der Waals surface area contributed by atoms with Crippen LogP contribution in [0.1, 0.15) is 51.4 Å². The molecular weight excluding hydrogens is 206 g/mol. The lowest BCUT2D eigenvalue weighted by atomic mass is 10.1. The van der Waals surface area contributed by atoms with Crippen molar-refractivity contribution < 1.29 is 9.26 Å². The van der Waals surface area contributed by atoms with Gasteiger partial charge in [-0.25, -0.2) is 0 Å². The molecule has 0 radical (unpaired) electrons. The van der Waals surface area contributed by atoms with Crippen LogP contribution in [0.25, 0.3) is 0 Å². The summed E-state index contributed by atoms with van der Waals surface area (Å²) in [5.41, 5.74) is -0.279. The highest BCUT2D eigenvalue weighted by atomic mass is 16.5.